The van der Waals surface area contributed by atoms with Crippen molar-refractivity contribution < 1.29 is 4.79 Å². The Bertz CT molecular complexity index is 705. The molecule has 1 aromatic heterocycles. The second kappa shape index (κ2) is 7.91. The van der Waals surface area contributed by atoms with Crippen LogP contribution >= 0.6 is 11.8 Å². The summed E-state index contributed by atoms with van der Waals surface area (Å²) in [4.78, 5) is 21.7. The summed E-state index contributed by atoms with van der Waals surface area (Å²) in [5.74, 6) is 0.960. The summed E-state index contributed by atoms with van der Waals surface area (Å²) in [5.41, 5.74) is 1.94. The summed E-state index contributed by atoms with van der Waals surface area (Å²) >= 11 is 1.98. The molecular weight excluding hydrogens is 330 g/mol. The summed E-state index contributed by atoms with van der Waals surface area (Å²) in [6, 6.07) is 12.6. The van der Waals surface area contributed by atoms with Gasteiger partial charge in [0.25, 0.3) is 5.91 Å². The van der Waals surface area contributed by atoms with Crippen LogP contribution in [0.1, 0.15) is 28.8 Å². The Kier molecular flexibility index (Phi) is 5.63. The molecular formula is C20H25N3OS. The minimum Gasteiger partial charge on any atom is -0.357 e. The molecule has 0 bridgehead atoms. The molecule has 3 rings (SSSR count). The van der Waals surface area contributed by atoms with E-state index in [1.54, 1.807) is 25.2 Å². The van der Waals surface area contributed by atoms with Gasteiger partial charge in [-0.1, -0.05) is 17.7 Å². The predicted octanol–water partition coefficient (Wildman–Crippen LogP) is 3.85. The lowest BCUT2D eigenvalue weighted by molar-refractivity contribution is 0.0827. The normalized spacial score (nSPS) is 15.2. The van der Waals surface area contributed by atoms with Gasteiger partial charge in [0.1, 0.15) is 5.82 Å². The lowest BCUT2D eigenvalue weighted by Crippen LogP contribution is -2.35. The number of rotatable bonds is 4. The molecule has 0 unspecified atom stereocenters. The number of aromatic nitrogens is 1. The maximum atomic E-state index is 11.9. The molecule has 1 aliphatic heterocycles. The fourth-order valence-electron chi connectivity index (χ4n) is 2.97. The quantitative estimate of drug-likeness (QED) is 0.835. The van der Waals surface area contributed by atoms with Gasteiger partial charge in [0.05, 0.1) is 5.56 Å². The fourth-order valence-corrected chi connectivity index (χ4v) is 4.09. The van der Waals surface area contributed by atoms with Gasteiger partial charge in [0, 0.05) is 43.5 Å². The Morgan fingerprint density at radius 1 is 1.12 bits per heavy atom. The Hall–Kier alpha value is -2.01. The summed E-state index contributed by atoms with van der Waals surface area (Å²) in [6.07, 6.45) is 3.99. The SMILES string of the molecule is Cc1ccc(SC2CCN(c3ccc(C(=O)N(C)C)cn3)CC2)cc1. The predicted molar refractivity (Wildman–Crippen MR) is 105 cm³/mol. The highest BCUT2D eigenvalue weighted by molar-refractivity contribution is 8.00. The van der Waals surface area contributed by atoms with Gasteiger partial charge in [-0.2, -0.15) is 0 Å². The molecule has 1 amide bonds. The number of hydrogen-bond acceptors (Lipinski definition) is 4. The molecule has 5 heteroatoms. The number of aryl methyl sites for hydroxylation is 1. The lowest BCUT2D eigenvalue weighted by Gasteiger charge is -2.32. The van der Waals surface area contributed by atoms with Crippen molar-refractivity contribution in [2.24, 2.45) is 0 Å². The van der Waals surface area contributed by atoms with Gasteiger partial charge < -0.3 is 9.80 Å². The van der Waals surface area contributed by atoms with E-state index in [1.165, 1.54) is 10.5 Å². The van der Waals surface area contributed by atoms with Crippen LogP contribution in [0.4, 0.5) is 5.82 Å². The van der Waals surface area contributed by atoms with E-state index in [9.17, 15) is 4.79 Å². The first-order valence-electron chi connectivity index (χ1n) is 8.69. The molecule has 1 fully saturated rings. The van der Waals surface area contributed by atoms with Crippen molar-refractivity contribution in [1.29, 1.82) is 0 Å². The number of amides is 1. The van der Waals surface area contributed by atoms with Crippen LogP contribution in [0.5, 0.6) is 0 Å². The maximum absolute atomic E-state index is 11.9. The molecule has 0 radical (unpaired) electrons. The Morgan fingerprint density at radius 3 is 2.36 bits per heavy atom. The number of anilines is 1. The molecule has 1 aliphatic rings. The van der Waals surface area contributed by atoms with Crippen LogP contribution < -0.4 is 4.90 Å². The van der Waals surface area contributed by atoms with Crippen LogP contribution in [0.15, 0.2) is 47.5 Å². The van der Waals surface area contributed by atoms with Gasteiger partial charge in [-0.25, -0.2) is 4.98 Å². The van der Waals surface area contributed by atoms with Crippen LogP contribution in [0.2, 0.25) is 0 Å². The van der Waals surface area contributed by atoms with Crippen LogP contribution in [-0.4, -0.2) is 48.2 Å². The Balaban J connectivity index is 1.55. The summed E-state index contributed by atoms with van der Waals surface area (Å²) in [6.45, 7) is 4.15. The van der Waals surface area contributed by atoms with Gasteiger partial charge >= 0.3 is 0 Å². The van der Waals surface area contributed by atoms with Crippen molar-refractivity contribution in [3.8, 4) is 0 Å². The average molecular weight is 356 g/mol. The number of piperidine rings is 1. The maximum Gasteiger partial charge on any atom is 0.254 e. The highest BCUT2D eigenvalue weighted by Gasteiger charge is 2.21. The number of carbonyl (C=O) groups is 1. The standard InChI is InChI=1S/C20H25N3OS/c1-15-4-7-17(8-5-15)25-18-10-12-23(13-11-18)19-9-6-16(14-21-19)20(24)22(2)3/h4-9,14,18H,10-13H2,1-3H3. The molecule has 25 heavy (non-hydrogen) atoms. The van der Waals surface area contributed by atoms with E-state index in [0.29, 0.717) is 10.8 Å². The summed E-state index contributed by atoms with van der Waals surface area (Å²) < 4.78 is 0. The minimum absolute atomic E-state index is 0.00717. The van der Waals surface area contributed by atoms with Crippen molar-refractivity contribution >= 4 is 23.5 Å². The van der Waals surface area contributed by atoms with E-state index in [-0.39, 0.29) is 5.91 Å². The summed E-state index contributed by atoms with van der Waals surface area (Å²) in [7, 11) is 3.51. The van der Waals surface area contributed by atoms with Crippen molar-refractivity contribution in [3.63, 3.8) is 0 Å². The highest BCUT2D eigenvalue weighted by Crippen LogP contribution is 2.31. The zero-order chi connectivity index (χ0) is 17.8. The van der Waals surface area contributed by atoms with E-state index in [2.05, 4.69) is 41.1 Å². The van der Waals surface area contributed by atoms with Gasteiger partial charge in [-0.05, 0) is 44.0 Å². The molecule has 0 spiro atoms. The van der Waals surface area contributed by atoms with Crippen molar-refractivity contribution in [2.45, 2.75) is 29.9 Å². The van der Waals surface area contributed by atoms with Crippen molar-refractivity contribution in [1.82, 2.24) is 9.88 Å². The molecule has 0 N–H and O–H groups in total. The number of thioether (sulfide) groups is 1. The third-order valence-corrected chi connectivity index (χ3v) is 5.84. The third kappa shape index (κ3) is 4.54. The molecule has 132 valence electrons. The second-order valence-electron chi connectivity index (χ2n) is 6.72. The fraction of sp³-hybridized carbons (Fsp3) is 0.400. The van der Waals surface area contributed by atoms with Crippen LogP contribution in [-0.2, 0) is 0 Å². The molecule has 2 aromatic rings. The van der Waals surface area contributed by atoms with E-state index in [4.69, 9.17) is 0 Å². The van der Waals surface area contributed by atoms with E-state index in [1.807, 2.05) is 23.9 Å². The number of carbonyl (C=O) groups excluding carboxylic acids is 1. The van der Waals surface area contributed by atoms with E-state index < -0.39 is 0 Å². The monoisotopic (exact) mass is 355 g/mol. The largest absolute Gasteiger partial charge is 0.357 e. The number of pyridine rings is 1. The zero-order valence-electron chi connectivity index (χ0n) is 15.1. The van der Waals surface area contributed by atoms with Crippen molar-refractivity contribution in [3.05, 3.63) is 53.7 Å². The molecule has 0 atom stereocenters. The Morgan fingerprint density at radius 2 is 1.80 bits per heavy atom. The summed E-state index contributed by atoms with van der Waals surface area (Å²) in [5, 5.41) is 0.661. The van der Waals surface area contributed by atoms with Gasteiger partial charge in [0.15, 0.2) is 0 Å². The highest BCUT2D eigenvalue weighted by atomic mass is 32.2. The zero-order valence-corrected chi connectivity index (χ0v) is 15.9. The first kappa shape index (κ1) is 17.8. The topological polar surface area (TPSA) is 36.4 Å². The lowest BCUT2D eigenvalue weighted by atomic mass is 10.1. The molecule has 0 saturated carbocycles. The first-order chi connectivity index (χ1) is 12.0. The molecule has 4 nitrogen and oxygen atoms in total. The second-order valence-corrected chi connectivity index (χ2v) is 8.10. The van der Waals surface area contributed by atoms with Crippen LogP contribution in [0.25, 0.3) is 0 Å². The number of nitrogens with zero attached hydrogens (tertiary/aromatic N) is 3. The molecule has 1 aromatic carbocycles. The smallest absolute Gasteiger partial charge is 0.254 e. The number of hydrogen-bond donors (Lipinski definition) is 0. The third-order valence-electron chi connectivity index (χ3n) is 4.49. The van der Waals surface area contributed by atoms with E-state index >= 15 is 0 Å². The Labute approximate surface area is 154 Å². The van der Waals surface area contributed by atoms with Gasteiger partial charge in [-0.3, -0.25) is 4.79 Å². The van der Waals surface area contributed by atoms with Gasteiger partial charge in [0.2, 0.25) is 0 Å². The minimum atomic E-state index is -0.00717. The van der Waals surface area contributed by atoms with Crippen LogP contribution in [0.3, 0.4) is 0 Å². The van der Waals surface area contributed by atoms with Crippen LogP contribution in [0, 0.1) is 6.92 Å². The first-order valence-corrected chi connectivity index (χ1v) is 9.57. The van der Waals surface area contributed by atoms with Gasteiger partial charge in [-0.15, -0.1) is 11.8 Å². The molecule has 0 aliphatic carbocycles. The van der Waals surface area contributed by atoms with Crippen molar-refractivity contribution in [2.75, 3.05) is 32.1 Å². The molecule has 1 saturated heterocycles. The number of benzene rings is 1. The average Bonchev–Trinajstić information content (AvgIpc) is 2.64. The van der Waals surface area contributed by atoms with E-state index in [0.717, 1.165) is 31.7 Å². The molecule has 2 heterocycles.